The van der Waals surface area contributed by atoms with Crippen molar-refractivity contribution < 1.29 is 14.6 Å². The Morgan fingerprint density at radius 2 is 1.79 bits per heavy atom. The monoisotopic (exact) mass is 198 g/mol. The van der Waals surface area contributed by atoms with Crippen LogP contribution in [0.1, 0.15) is 44.9 Å². The molecule has 0 spiro atoms. The van der Waals surface area contributed by atoms with Gasteiger partial charge in [-0.3, -0.25) is 0 Å². The molecule has 3 nitrogen and oxygen atoms in total. The molecule has 3 atom stereocenters. The summed E-state index contributed by atoms with van der Waals surface area (Å²) in [5.41, 5.74) is 0. The first-order valence-corrected chi connectivity index (χ1v) is 5.65. The van der Waals surface area contributed by atoms with Gasteiger partial charge in [0.15, 0.2) is 0 Å². The largest absolute Gasteiger partial charge is 0.506 e. The fraction of sp³-hybridized carbons (Fsp3) is 0.909. The fourth-order valence-corrected chi connectivity index (χ4v) is 3.08. The summed E-state index contributed by atoms with van der Waals surface area (Å²) in [6, 6.07) is 0. The summed E-state index contributed by atoms with van der Waals surface area (Å²) >= 11 is 0. The van der Waals surface area contributed by atoms with E-state index in [1.54, 1.807) is 0 Å². The van der Waals surface area contributed by atoms with Crippen molar-refractivity contribution in [2.45, 2.75) is 51.0 Å². The summed E-state index contributed by atoms with van der Waals surface area (Å²) in [6.07, 6.45) is 7.27. The van der Waals surface area contributed by atoms with Crippen LogP contribution >= 0.6 is 0 Å². The highest BCUT2D eigenvalue weighted by Crippen LogP contribution is 2.41. The van der Waals surface area contributed by atoms with Crippen molar-refractivity contribution in [1.82, 2.24) is 0 Å². The molecule has 0 amide bonds. The number of fused-ring (bicyclic) bond motifs is 1. The maximum atomic E-state index is 10.4. The van der Waals surface area contributed by atoms with E-state index in [0.717, 1.165) is 24.7 Å². The van der Waals surface area contributed by atoms with Crippen molar-refractivity contribution in [3.05, 3.63) is 0 Å². The number of rotatable bonds is 1. The molecule has 0 aromatic heterocycles. The first-order valence-electron chi connectivity index (χ1n) is 5.65. The molecule has 1 N–H and O–H groups in total. The zero-order valence-electron chi connectivity index (χ0n) is 8.45. The molecule has 2 saturated carbocycles. The lowest BCUT2D eigenvalue weighted by molar-refractivity contribution is 0.00283. The molecule has 0 heterocycles. The average molecular weight is 198 g/mol. The fourth-order valence-electron chi connectivity index (χ4n) is 3.08. The van der Waals surface area contributed by atoms with Crippen molar-refractivity contribution in [2.24, 2.45) is 11.8 Å². The van der Waals surface area contributed by atoms with E-state index < -0.39 is 6.16 Å². The zero-order valence-corrected chi connectivity index (χ0v) is 8.45. The van der Waals surface area contributed by atoms with Crippen molar-refractivity contribution in [1.29, 1.82) is 0 Å². The maximum absolute atomic E-state index is 10.4. The van der Waals surface area contributed by atoms with E-state index in [4.69, 9.17) is 9.84 Å². The van der Waals surface area contributed by atoms with E-state index in [2.05, 4.69) is 0 Å². The quantitative estimate of drug-likeness (QED) is 0.659. The summed E-state index contributed by atoms with van der Waals surface area (Å²) in [5.74, 6) is 1.60. The molecule has 0 aliphatic heterocycles. The molecule has 3 heteroatoms. The number of carbonyl (C=O) groups is 1. The second-order valence-corrected chi connectivity index (χ2v) is 4.62. The van der Waals surface area contributed by atoms with E-state index in [1.165, 1.54) is 32.1 Å². The van der Waals surface area contributed by atoms with Gasteiger partial charge in [0.1, 0.15) is 6.10 Å². The van der Waals surface area contributed by atoms with E-state index in [0.29, 0.717) is 0 Å². The van der Waals surface area contributed by atoms with Crippen LogP contribution in [-0.2, 0) is 4.74 Å². The van der Waals surface area contributed by atoms with Crippen molar-refractivity contribution in [3.8, 4) is 0 Å². The third kappa shape index (κ3) is 2.20. The molecule has 2 aliphatic carbocycles. The van der Waals surface area contributed by atoms with Crippen LogP contribution in [0.15, 0.2) is 0 Å². The van der Waals surface area contributed by atoms with E-state index >= 15 is 0 Å². The van der Waals surface area contributed by atoms with Crippen LogP contribution in [0.25, 0.3) is 0 Å². The Bertz CT molecular complexity index is 215. The number of hydrogen-bond acceptors (Lipinski definition) is 2. The number of ether oxygens (including phenoxy) is 1. The third-order valence-corrected chi connectivity index (χ3v) is 3.76. The number of carboxylic acid groups (broad SMARTS) is 1. The molecule has 1 unspecified atom stereocenters. The molecule has 14 heavy (non-hydrogen) atoms. The van der Waals surface area contributed by atoms with Gasteiger partial charge >= 0.3 is 6.16 Å². The Morgan fingerprint density at radius 1 is 1.07 bits per heavy atom. The molecule has 80 valence electrons. The Hall–Kier alpha value is -0.730. The lowest BCUT2D eigenvalue weighted by atomic mass is 9.70. The maximum Gasteiger partial charge on any atom is 0.506 e. The number of hydrogen-bond donors (Lipinski definition) is 1. The molecular weight excluding hydrogens is 180 g/mol. The van der Waals surface area contributed by atoms with Crippen LogP contribution in [0.4, 0.5) is 4.79 Å². The van der Waals surface area contributed by atoms with Gasteiger partial charge in [0, 0.05) is 0 Å². The highest BCUT2D eigenvalue weighted by molar-refractivity contribution is 5.57. The average Bonchev–Trinajstić information content (AvgIpc) is 2.17. The summed E-state index contributed by atoms with van der Waals surface area (Å²) in [5, 5.41) is 8.54. The molecule has 0 saturated heterocycles. The Labute approximate surface area is 84.4 Å². The summed E-state index contributed by atoms with van der Waals surface area (Å²) in [6.45, 7) is 0. The van der Waals surface area contributed by atoms with Crippen molar-refractivity contribution >= 4 is 6.16 Å². The van der Waals surface area contributed by atoms with Crippen LogP contribution in [0.2, 0.25) is 0 Å². The van der Waals surface area contributed by atoms with Crippen LogP contribution in [0, 0.1) is 11.8 Å². The van der Waals surface area contributed by atoms with Crippen molar-refractivity contribution in [2.75, 3.05) is 0 Å². The van der Waals surface area contributed by atoms with Gasteiger partial charge in [0.2, 0.25) is 0 Å². The molecule has 0 radical (unpaired) electrons. The molecule has 2 rings (SSSR count). The van der Waals surface area contributed by atoms with Gasteiger partial charge in [0.25, 0.3) is 0 Å². The van der Waals surface area contributed by atoms with Crippen LogP contribution in [0.5, 0.6) is 0 Å². The SMILES string of the molecule is O=C(O)O[C@@H]1CC[C@H]2CCCCC2C1. The topological polar surface area (TPSA) is 46.5 Å². The van der Waals surface area contributed by atoms with Gasteiger partial charge in [-0.15, -0.1) is 0 Å². The van der Waals surface area contributed by atoms with Gasteiger partial charge in [-0.25, -0.2) is 4.79 Å². The molecule has 2 aliphatic rings. The standard InChI is InChI=1S/C11H18O3/c12-11(13)14-10-6-5-8-3-1-2-4-9(8)7-10/h8-10H,1-7H2,(H,12,13)/t8-,9?,10-/m1/s1. The lowest BCUT2D eigenvalue weighted by Crippen LogP contribution is -2.32. The minimum absolute atomic E-state index is 0.0214. The first kappa shape index (κ1) is 9.81. The van der Waals surface area contributed by atoms with E-state index in [1.807, 2.05) is 0 Å². The second kappa shape index (κ2) is 4.20. The van der Waals surface area contributed by atoms with Gasteiger partial charge < -0.3 is 9.84 Å². The minimum atomic E-state index is -1.11. The molecule has 0 aromatic rings. The van der Waals surface area contributed by atoms with Gasteiger partial charge in [-0.2, -0.15) is 0 Å². The molecule has 0 aromatic carbocycles. The molecule has 0 bridgehead atoms. The third-order valence-electron chi connectivity index (χ3n) is 3.76. The normalized spacial score (nSPS) is 37.3. The van der Waals surface area contributed by atoms with E-state index in [9.17, 15) is 4.79 Å². The highest BCUT2D eigenvalue weighted by Gasteiger charge is 2.33. The smallest absolute Gasteiger partial charge is 0.450 e. The predicted octanol–water partition coefficient (Wildman–Crippen LogP) is 3.04. The minimum Gasteiger partial charge on any atom is -0.450 e. The Kier molecular flexibility index (Phi) is 2.94. The summed E-state index contributed by atoms with van der Waals surface area (Å²) < 4.78 is 4.86. The van der Waals surface area contributed by atoms with Crippen LogP contribution < -0.4 is 0 Å². The summed E-state index contributed by atoms with van der Waals surface area (Å²) in [7, 11) is 0. The van der Waals surface area contributed by atoms with E-state index in [-0.39, 0.29) is 6.10 Å². The Balaban J connectivity index is 1.86. The van der Waals surface area contributed by atoms with Gasteiger partial charge in [-0.05, 0) is 31.1 Å². The predicted molar refractivity (Wildman–Crippen MR) is 52.2 cm³/mol. The summed E-state index contributed by atoms with van der Waals surface area (Å²) in [4.78, 5) is 10.4. The molecule has 2 fully saturated rings. The lowest BCUT2D eigenvalue weighted by Gasteiger charge is -2.38. The second-order valence-electron chi connectivity index (χ2n) is 4.62. The van der Waals surface area contributed by atoms with Gasteiger partial charge in [0.05, 0.1) is 0 Å². The highest BCUT2D eigenvalue weighted by atomic mass is 16.7. The van der Waals surface area contributed by atoms with Crippen LogP contribution in [0.3, 0.4) is 0 Å². The molecular formula is C11H18O3. The van der Waals surface area contributed by atoms with Crippen molar-refractivity contribution in [3.63, 3.8) is 0 Å². The Morgan fingerprint density at radius 3 is 2.50 bits per heavy atom. The van der Waals surface area contributed by atoms with Crippen LogP contribution in [-0.4, -0.2) is 17.4 Å². The van der Waals surface area contributed by atoms with Gasteiger partial charge in [-0.1, -0.05) is 25.7 Å². The first-order chi connectivity index (χ1) is 6.75. The zero-order chi connectivity index (χ0) is 9.97.